The molecule has 1 heterocycles. The standard InChI is InChI=1S/C21H27N3O5S/c1-15-12-24(13-17-5-6-18(28-2)11-20(17)29-15)14-21(25)23-10-9-16-3-7-19(8-4-16)30(22,26)27/h3-8,11,15H,9-10,12-14H2,1-2H3,(H,23,25)(H2,22,26,27). The molecule has 0 spiro atoms. The molecule has 1 atom stereocenters. The molecule has 9 heteroatoms. The van der Waals surface area contributed by atoms with E-state index in [2.05, 4.69) is 10.2 Å². The van der Waals surface area contributed by atoms with Crippen molar-refractivity contribution in [1.29, 1.82) is 0 Å². The number of ether oxygens (including phenoxy) is 2. The van der Waals surface area contributed by atoms with Gasteiger partial charge in [-0.1, -0.05) is 18.2 Å². The van der Waals surface area contributed by atoms with Gasteiger partial charge in [0.05, 0.1) is 18.6 Å². The summed E-state index contributed by atoms with van der Waals surface area (Å²) in [5.74, 6) is 1.46. The van der Waals surface area contributed by atoms with E-state index in [1.165, 1.54) is 12.1 Å². The van der Waals surface area contributed by atoms with Gasteiger partial charge in [0.1, 0.15) is 17.6 Å². The van der Waals surface area contributed by atoms with Crippen molar-refractivity contribution in [3.8, 4) is 11.5 Å². The van der Waals surface area contributed by atoms with Crippen LogP contribution in [0, 0.1) is 0 Å². The highest BCUT2D eigenvalue weighted by molar-refractivity contribution is 7.89. The number of amides is 1. The summed E-state index contributed by atoms with van der Waals surface area (Å²) in [6.45, 7) is 3.96. The van der Waals surface area contributed by atoms with Crippen LogP contribution in [-0.2, 0) is 27.8 Å². The fourth-order valence-electron chi connectivity index (χ4n) is 3.40. The maximum atomic E-state index is 12.4. The van der Waals surface area contributed by atoms with Crippen LogP contribution in [0.25, 0.3) is 0 Å². The summed E-state index contributed by atoms with van der Waals surface area (Å²) < 4.78 is 33.8. The van der Waals surface area contributed by atoms with Gasteiger partial charge in [0.15, 0.2) is 0 Å². The van der Waals surface area contributed by atoms with Gasteiger partial charge in [0, 0.05) is 31.3 Å². The summed E-state index contributed by atoms with van der Waals surface area (Å²) in [7, 11) is -2.08. The van der Waals surface area contributed by atoms with Crippen LogP contribution in [0.15, 0.2) is 47.4 Å². The lowest BCUT2D eigenvalue weighted by Gasteiger charge is -2.21. The minimum Gasteiger partial charge on any atom is -0.497 e. The first kappa shape index (κ1) is 22.1. The second-order valence-corrected chi connectivity index (χ2v) is 8.92. The monoisotopic (exact) mass is 433 g/mol. The highest BCUT2D eigenvalue weighted by Gasteiger charge is 2.22. The first-order valence-corrected chi connectivity index (χ1v) is 11.2. The second kappa shape index (κ2) is 9.46. The van der Waals surface area contributed by atoms with Crippen molar-refractivity contribution >= 4 is 15.9 Å². The van der Waals surface area contributed by atoms with Crippen LogP contribution in [0.5, 0.6) is 11.5 Å². The topological polar surface area (TPSA) is 111 Å². The Labute approximate surface area is 177 Å². The minimum atomic E-state index is -3.70. The van der Waals surface area contributed by atoms with Gasteiger partial charge in [-0.2, -0.15) is 0 Å². The average Bonchev–Trinajstić information content (AvgIpc) is 2.84. The summed E-state index contributed by atoms with van der Waals surface area (Å²) in [5.41, 5.74) is 1.94. The molecule has 2 aromatic rings. The number of hydrogen-bond donors (Lipinski definition) is 2. The van der Waals surface area contributed by atoms with Crippen LogP contribution in [0.3, 0.4) is 0 Å². The molecule has 0 saturated carbocycles. The Kier molecular flexibility index (Phi) is 6.96. The molecule has 0 bridgehead atoms. The number of nitrogens with one attached hydrogen (secondary N) is 1. The van der Waals surface area contributed by atoms with Gasteiger partial charge in [-0.05, 0) is 37.1 Å². The summed E-state index contributed by atoms with van der Waals surface area (Å²) in [5, 5.41) is 8.01. The van der Waals surface area contributed by atoms with Crippen molar-refractivity contribution in [2.45, 2.75) is 30.9 Å². The molecule has 2 aromatic carbocycles. The van der Waals surface area contributed by atoms with Gasteiger partial charge in [-0.25, -0.2) is 13.6 Å². The Bertz CT molecular complexity index is 992. The molecule has 1 amide bonds. The molecule has 0 aromatic heterocycles. The number of rotatable bonds is 7. The Balaban J connectivity index is 1.51. The Hall–Kier alpha value is -2.62. The number of benzene rings is 2. The van der Waals surface area contributed by atoms with Gasteiger partial charge >= 0.3 is 0 Å². The average molecular weight is 434 g/mol. The third-order valence-electron chi connectivity index (χ3n) is 4.87. The van der Waals surface area contributed by atoms with Crippen LogP contribution in [0.1, 0.15) is 18.1 Å². The minimum absolute atomic E-state index is 0.0523. The summed E-state index contributed by atoms with van der Waals surface area (Å²) in [4.78, 5) is 14.5. The van der Waals surface area contributed by atoms with Crippen LogP contribution < -0.4 is 19.9 Å². The second-order valence-electron chi connectivity index (χ2n) is 7.36. The van der Waals surface area contributed by atoms with E-state index in [1.807, 2.05) is 25.1 Å². The van der Waals surface area contributed by atoms with Crippen LogP contribution in [0.4, 0.5) is 0 Å². The lowest BCUT2D eigenvalue weighted by Crippen LogP contribution is -2.40. The van der Waals surface area contributed by atoms with Crippen LogP contribution >= 0.6 is 0 Å². The van der Waals surface area contributed by atoms with Crippen LogP contribution in [0.2, 0.25) is 0 Å². The van der Waals surface area contributed by atoms with Crippen molar-refractivity contribution in [1.82, 2.24) is 10.2 Å². The third-order valence-corrected chi connectivity index (χ3v) is 5.80. The highest BCUT2D eigenvalue weighted by atomic mass is 32.2. The smallest absolute Gasteiger partial charge is 0.238 e. The Morgan fingerprint density at radius 3 is 2.67 bits per heavy atom. The molecule has 0 fully saturated rings. The lowest BCUT2D eigenvalue weighted by molar-refractivity contribution is -0.122. The number of hydrogen-bond acceptors (Lipinski definition) is 6. The van der Waals surface area contributed by atoms with E-state index in [9.17, 15) is 13.2 Å². The van der Waals surface area contributed by atoms with E-state index in [-0.39, 0.29) is 23.5 Å². The first-order valence-electron chi connectivity index (χ1n) is 9.69. The van der Waals surface area contributed by atoms with Crippen molar-refractivity contribution in [2.75, 3.05) is 26.7 Å². The molecule has 3 N–H and O–H groups in total. The van der Waals surface area contributed by atoms with Gasteiger partial charge < -0.3 is 14.8 Å². The van der Waals surface area contributed by atoms with E-state index in [0.717, 1.165) is 22.6 Å². The predicted octanol–water partition coefficient (Wildman–Crippen LogP) is 1.28. The molecule has 1 aliphatic heterocycles. The lowest BCUT2D eigenvalue weighted by atomic mass is 10.1. The van der Waals surface area contributed by atoms with E-state index < -0.39 is 10.0 Å². The van der Waals surface area contributed by atoms with Crippen molar-refractivity contribution < 1.29 is 22.7 Å². The Morgan fingerprint density at radius 2 is 2.00 bits per heavy atom. The predicted molar refractivity (Wildman–Crippen MR) is 113 cm³/mol. The molecule has 0 saturated heterocycles. The summed E-state index contributed by atoms with van der Waals surface area (Å²) in [6, 6.07) is 12.1. The third kappa shape index (κ3) is 5.94. The molecule has 0 radical (unpaired) electrons. The molecule has 1 aliphatic rings. The molecule has 30 heavy (non-hydrogen) atoms. The zero-order valence-corrected chi connectivity index (χ0v) is 17.9. The maximum Gasteiger partial charge on any atom is 0.238 e. The number of fused-ring (bicyclic) bond motifs is 1. The van der Waals surface area contributed by atoms with Gasteiger partial charge in [0.25, 0.3) is 0 Å². The molecule has 1 unspecified atom stereocenters. The zero-order chi connectivity index (χ0) is 21.7. The molecular formula is C21H27N3O5S. The molecule has 8 nitrogen and oxygen atoms in total. The van der Waals surface area contributed by atoms with Gasteiger partial charge in [0.2, 0.25) is 15.9 Å². The van der Waals surface area contributed by atoms with Gasteiger partial charge in [-0.15, -0.1) is 0 Å². The number of carbonyl (C=O) groups excluding carboxylic acids is 1. The van der Waals surface area contributed by atoms with Crippen LogP contribution in [-0.4, -0.2) is 52.1 Å². The van der Waals surface area contributed by atoms with E-state index >= 15 is 0 Å². The summed E-state index contributed by atoms with van der Waals surface area (Å²) >= 11 is 0. The maximum absolute atomic E-state index is 12.4. The molecule has 162 valence electrons. The number of nitrogens with zero attached hydrogens (tertiary/aromatic N) is 1. The first-order chi connectivity index (χ1) is 14.2. The van der Waals surface area contributed by atoms with E-state index in [1.54, 1.807) is 19.2 Å². The highest BCUT2D eigenvalue weighted by Crippen LogP contribution is 2.29. The molecule has 0 aliphatic carbocycles. The number of carbonyl (C=O) groups is 1. The van der Waals surface area contributed by atoms with Gasteiger partial charge in [-0.3, -0.25) is 9.69 Å². The fourth-order valence-corrected chi connectivity index (χ4v) is 3.91. The van der Waals surface area contributed by atoms with Crippen molar-refractivity contribution in [3.63, 3.8) is 0 Å². The number of sulfonamides is 1. The normalized spacial score (nSPS) is 16.8. The quantitative estimate of drug-likeness (QED) is 0.681. The SMILES string of the molecule is COc1ccc2c(c1)OC(C)CN(CC(=O)NCCc1ccc(S(N)(=O)=O)cc1)C2. The number of primary sulfonamides is 1. The largest absolute Gasteiger partial charge is 0.497 e. The zero-order valence-electron chi connectivity index (χ0n) is 17.1. The fraction of sp³-hybridized carbons (Fsp3) is 0.381. The van der Waals surface area contributed by atoms with E-state index in [0.29, 0.717) is 26.1 Å². The molecular weight excluding hydrogens is 406 g/mol. The summed E-state index contributed by atoms with van der Waals surface area (Å²) in [6.07, 6.45) is 0.544. The van der Waals surface area contributed by atoms with Crippen molar-refractivity contribution in [2.24, 2.45) is 5.14 Å². The molecule has 3 rings (SSSR count). The van der Waals surface area contributed by atoms with E-state index in [4.69, 9.17) is 14.6 Å². The van der Waals surface area contributed by atoms with Crippen molar-refractivity contribution in [3.05, 3.63) is 53.6 Å². The number of nitrogens with two attached hydrogens (primary N) is 1. The Morgan fingerprint density at radius 1 is 1.27 bits per heavy atom. The number of methoxy groups -OCH3 is 1.